The summed E-state index contributed by atoms with van der Waals surface area (Å²) in [4.78, 5) is 6.97. The third-order valence-electron chi connectivity index (χ3n) is 4.47. The molecule has 1 aliphatic heterocycles. The summed E-state index contributed by atoms with van der Waals surface area (Å²) in [5.74, 6) is 0. The maximum absolute atomic E-state index is 6.19. The van der Waals surface area contributed by atoms with Gasteiger partial charge in [-0.05, 0) is 67.5 Å². The molecule has 1 aliphatic rings. The predicted octanol–water partition coefficient (Wildman–Crippen LogP) is 3.71. The number of likely N-dealkylation sites (tertiary alicyclic amines) is 1. The quantitative estimate of drug-likeness (QED) is 0.758. The van der Waals surface area contributed by atoms with Crippen LogP contribution in [0.5, 0.6) is 0 Å². The fourth-order valence-electron chi connectivity index (χ4n) is 3.11. The molecule has 2 aromatic rings. The number of anilines is 2. The second kappa shape index (κ2) is 6.58. The molecule has 3 N–H and O–H groups in total. The minimum Gasteiger partial charge on any atom is -0.396 e. The Kier molecular flexibility index (Phi) is 4.73. The van der Waals surface area contributed by atoms with Crippen molar-refractivity contribution in [2.75, 3.05) is 24.1 Å². The van der Waals surface area contributed by atoms with Gasteiger partial charge in [0.05, 0.1) is 23.1 Å². The standard InChI is InChI=1S/C17H23IN4/c1-11(2)22-7-5-13(6-8-22)21-17-14-9-12(18)3-4-16(14)20-10-15(17)19/h3-4,9-11,13H,5-8,19H2,1-2H3,(H,20,21). The Morgan fingerprint density at radius 2 is 2.05 bits per heavy atom. The normalized spacial score (nSPS) is 17.3. The van der Waals surface area contributed by atoms with Crippen LogP contribution in [0.1, 0.15) is 26.7 Å². The van der Waals surface area contributed by atoms with Crippen LogP contribution in [0.2, 0.25) is 0 Å². The van der Waals surface area contributed by atoms with E-state index < -0.39 is 0 Å². The van der Waals surface area contributed by atoms with E-state index in [4.69, 9.17) is 5.73 Å². The van der Waals surface area contributed by atoms with Crippen LogP contribution >= 0.6 is 22.6 Å². The Labute approximate surface area is 145 Å². The summed E-state index contributed by atoms with van der Waals surface area (Å²) in [6, 6.07) is 7.42. The lowest BCUT2D eigenvalue weighted by Crippen LogP contribution is -2.42. The largest absolute Gasteiger partial charge is 0.396 e. The number of pyridine rings is 1. The predicted molar refractivity (Wildman–Crippen MR) is 102 cm³/mol. The van der Waals surface area contributed by atoms with E-state index in [1.54, 1.807) is 6.20 Å². The van der Waals surface area contributed by atoms with Gasteiger partial charge in [0, 0.05) is 34.1 Å². The summed E-state index contributed by atoms with van der Waals surface area (Å²) < 4.78 is 1.20. The zero-order valence-corrected chi connectivity index (χ0v) is 15.3. The van der Waals surface area contributed by atoms with E-state index >= 15 is 0 Å². The van der Waals surface area contributed by atoms with E-state index in [0.717, 1.165) is 48.2 Å². The summed E-state index contributed by atoms with van der Waals surface area (Å²) in [6.07, 6.45) is 4.08. The fourth-order valence-corrected chi connectivity index (χ4v) is 3.60. The Morgan fingerprint density at radius 1 is 1.32 bits per heavy atom. The molecule has 118 valence electrons. The van der Waals surface area contributed by atoms with E-state index in [1.165, 1.54) is 3.57 Å². The lowest BCUT2D eigenvalue weighted by molar-refractivity contribution is 0.177. The van der Waals surface area contributed by atoms with E-state index in [1.807, 2.05) is 0 Å². The summed E-state index contributed by atoms with van der Waals surface area (Å²) in [6.45, 7) is 6.83. The van der Waals surface area contributed by atoms with Crippen LogP contribution in [0.4, 0.5) is 11.4 Å². The van der Waals surface area contributed by atoms with Crippen molar-refractivity contribution < 1.29 is 0 Å². The molecule has 1 aromatic heterocycles. The third-order valence-corrected chi connectivity index (χ3v) is 5.14. The molecule has 0 spiro atoms. The fraction of sp³-hybridized carbons (Fsp3) is 0.471. The highest BCUT2D eigenvalue weighted by atomic mass is 127. The molecule has 1 saturated heterocycles. The average molecular weight is 410 g/mol. The van der Waals surface area contributed by atoms with Crippen molar-refractivity contribution in [1.29, 1.82) is 0 Å². The third kappa shape index (κ3) is 3.30. The minimum absolute atomic E-state index is 0.487. The van der Waals surface area contributed by atoms with E-state index in [0.29, 0.717) is 12.1 Å². The molecule has 0 aliphatic carbocycles. The number of rotatable bonds is 3. The molecule has 22 heavy (non-hydrogen) atoms. The number of hydrogen-bond acceptors (Lipinski definition) is 4. The van der Waals surface area contributed by atoms with Gasteiger partial charge in [-0.1, -0.05) is 0 Å². The summed E-state index contributed by atoms with van der Waals surface area (Å²) in [5.41, 5.74) is 8.97. The Morgan fingerprint density at radius 3 is 2.73 bits per heavy atom. The molecule has 0 unspecified atom stereocenters. The maximum Gasteiger partial charge on any atom is 0.0743 e. The van der Waals surface area contributed by atoms with Gasteiger partial charge >= 0.3 is 0 Å². The first-order valence-electron chi connectivity index (χ1n) is 7.89. The maximum atomic E-state index is 6.19. The number of nitrogen functional groups attached to an aromatic ring is 1. The summed E-state index contributed by atoms with van der Waals surface area (Å²) in [5, 5.41) is 4.81. The molecule has 0 radical (unpaired) electrons. The van der Waals surface area contributed by atoms with Gasteiger partial charge < -0.3 is 16.0 Å². The number of hydrogen-bond donors (Lipinski definition) is 2. The van der Waals surface area contributed by atoms with E-state index in [2.05, 4.69) is 69.8 Å². The van der Waals surface area contributed by atoms with Gasteiger partial charge in [0.2, 0.25) is 0 Å². The first-order chi connectivity index (χ1) is 10.5. The molecule has 3 rings (SSSR count). The number of aromatic nitrogens is 1. The van der Waals surface area contributed by atoms with Gasteiger partial charge in [-0.3, -0.25) is 4.98 Å². The molecule has 4 nitrogen and oxygen atoms in total. The van der Waals surface area contributed by atoms with Gasteiger partial charge in [0.25, 0.3) is 0 Å². The van der Waals surface area contributed by atoms with Crippen molar-refractivity contribution in [1.82, 2.24) is 9.88 Å². The molecule has 1 fully saturated rings. The van der Waals surface area contributed by atoms with E-state index in [-0.39, 0.29) is 0 Å². The molecule has 0 atom stereocenters. The van der Waals surface area contributed by atoms with Crippen molar-refractivity contribution in [2.24, 2.45) is 0 Å². The number of fused-ring (bicyclic) bond motifs is 1. The first-order valence-corrected chi connectivity index (χ1v) is 8.97. The van der Waals surface area contributed by atoms with Crippen molar-refractivity contribution in [2.45, 2.75) is 38.8 Å². The summed E-state index contributed by atoms with van der Waals surface area (Å²) >= 11 is 2.33. The van der Waals surface area contributed by atoms with Gasteiger partial charge in [0.1, 0.15) is 0 Å². The lowest BCUT2D eigenvalue weighted by atomic mass is 10.0. The molecule has 0 saturated carbocycles. The Bertz CT molecular complexity index is 658. The highest BCUT2D eigenvalue weighted by Crippen LogP contribution is 2.31. The molecular weight excluding hydrogens is 387 g/mol. The monoisotopic (exact) mass is 410 g/mol. The van der Waals surface area contributed by atoms with Gasteiger partial charge in [-0.2, -0.15) is 0 Å². The van der Waals surface area contributed by atoms with Crippen LogP contribution in [0, 0.1) is 3.57 Å². The SMILES string of the molecule is CC(C)N1CCC(Nc2c(N)cnc3ccc(I)cc23)CC1. The van der Waals surface area contributed by atoms with Crippen LogP contribution in [-0.2, 0) is 0 Å². The lowest BCUT2D eigenvalue weighted by Gasteiger charge is -2.35. The molecular formula is C17H23IN4. The Balaban J connectivity index is 1.82. The summed E-state index contributed by atoms with van der Waals surface area (Å²) in [7, 11) is 0. The topological polar surface area (TPSA) is 54.2 Å². The molecule has 0 bridgehead atoms. The molecule has 1 aromatic carbocycles. The number of nitrogens with two attached hydrogens (primary N) is 1. The van der Waals surface area contributed by atoms with E-state index in [9.17, 15) is 0 Å². The first kappa shape index (κ1) is 15.8. The number of piperidine rings is 1. The number of benzene rings is 1. The van der Waals surface area contributed by atoms with Crippen molar-refractivity contribution in [3.05, 3.63) is 28.0 Å². The highest BCUT2D eigenvalue weighted by molar-refractivity contribution is 14.1. The second-order valence-corrected chi connectivity index (χ2v) is 7.54. The Hall–Kier alpha value is -1.08. The molecule has 5 heteroatoms. The van der Waals surface area contributed by atoms with Gasteiger partial charge in [0.15, 0.2) is 0 Å². The second-order valence-electron chi connectivity index (χ2n) is 6.30. The number of halogens is 1. The van der Waals surface area contributed by atoms with Crippen molar-refractivity contribution >= 4 is 44.9 Å². The smallest absolute Gasteiger partial charge is 0.0743 e. The number of nitrogens with zero attached hydrogens (tertiary/aromatic N) is 2. The van der Waals surface area contributed by atoms with Crippen LogP contribution in [0.15, 0.2) is 24.4 Å². The zero-order valence-electron chi connectivity index (χ0n) is 13.1. The van der Waals surface area contributed by atoms with Gasteiger partial charge in [-0.15, -0.1) is 0 Å². The molecule has 0 amide bonds. The minimum atomic E-state index is 0.487. The number of nitrogens with one attached hydrogen (secondary N) is 1. The zero-order chi connectivity index (χ0) is 15.7. The molecule has 2 heterocycles. The average Bonchev–Trinajstić information content (AvgIpc) is 2.51. The van der Waals surface area contributed by atoms with Crippen LogP contribution in [0.3, 0.4) is 0 Å². The van der Waals surface area contributed by atoms with Crippen LogP contribution in [0.25, 0.3) is 10.9 Å². The van der Waals surface area contributed by atoms with Gasteiger partial charge in [-0.25, -0.2) is 0 Å². The van der Waals surface area contributed by atoms with Crippen molar-refractivity contribution in [3.63, 3.8) is 0 Å². The van der Waals surface area contributed by atoms with Crippen molar-refractivity contribution in [3.8, 4) is 0 Å². The highest BCUT2D eigenvalue weighted by Gasteiger charge is 2.21. The van der Waals surface area contributed by atoms with Crippen LogP contribution in [-0.4, -0.2) is 35.1 Å². The van der Waals surface area contributed by atoms with Crippen LogP contribution < -0.4 is 11.1 Å².